The van der Waals surface area contributed by atoms with Gasteiger partial charge in [-0.15, -0.1) is 0 Å². The molecule has 0 bridgehead atoms. The Morgan fingerprint density at radius 3 is 2.61 bits per heavy atom. The van der Waals surface area contributed by atoms with Gasteiger partial charge in [-0.05, 0) is 57.2 Å². The van der Waals surface area contributed by atoms with Gasteiger partial charge in [-0.1, -0.05) is 13.0 Å². The van der Waals surface area contributed by atoms with E-state index in [1.807, 2.05) is 24.4 Å². The number of aromatic nitrogens is 3. The van der Waals surface area contributed by atoms with Gasteiger partial charge >= 0.3 is 0 Å². The molecule has 0 saturated carbocycles. The summed E-state index contributed by atoms with van der Waals surface area (Å²) in [6.07, 6.45) is 1.88. The van der Waals surface area contributed by atoms with E-state index >= 15 is 0 Å². The van der Waals surface area contributed by atoms with E-state index < -0.39 is 0 Å². The van der Waals surface area contributed by atoms with Crippen molar-refractivity contribution in [1.82, 2.24) is 20.3 Å². The second-order valence-corrected chi connectivity index (χ2v) is 12.2. The summed E-state index contributed by atoms with van der Waals surface area (Å²) in [7, 11) is 0. The summed E-state index contributed by atoms with van der Waals surface area (Å²) in [4.78, 5) is 19.4. The van der Waals surface area contributed by atoms with Gasteiger partial charge in [0.1, 0.15) is 17.7 Å². The zero-order valence-corrected chi connectivity index (χ0v) is 24.5. The summed E-state index contributed by atoms with van der Waals surface area (Å²) in [6, 6.07) is 14.5. The fourth-order valence-electron chi connectivity index (χ4n) is 5.49. The molecule has 10 heteroatoms. The van der Waals surface area contributed by atoms with Crippen molar-refractivity contribution in [1.29, 1.82) is 0 Å². The number of anilines is 5. The van der Waals surface area contributed by atoms with E-state index in [0.717, 1.165) is 68.0 Å². The summed E-state index contributed by atoms with van der Waals surface area (Å²) < 4.78 is 17.8. The molecule has 5 heterocycles. The number of hydrogen-bond donors (Lipinski definition) is 2. The van der Waals surface area contributed by atoms with Gasteiger partial charge < -0.3 is 34.6 Å². The van der Waals surface area contributed by atoms with Gasteiger partial charge in [-0.25, -0.2) is 9.97 Å². The van der Waals surface area contributed by atoms with Crippen LogP contribution in [-0.4, -0.2) is 79.7 Å². The first-order valence-electron chi connectivity index (χ1n) is 14.6. The van der Waals surface area contributed by atoms with Gasteiger partial charge in [-0.2, -0.15) is 4.98 Å². The van der Waals surface area contributed by atoms with E-state index in [1.165, 1.54) is 5.69 Å². The Morgan fingerprint density at radius 1 is 1.07 bits per heavy atom. The quantitative estimate of drug-likeness (QED) is 0.435. The van der Waals surface area contributed by atoms with Crippen LogP contribution in [0.25, 0.3) is 0 Å². The van der Waals surface area contributed by atoms with E-state index in [9.17, 15) is 0 Å². The summed E-state index contributed by atoms with van der Waals surface area (Å²) in [5.41, 5.74) is 3.54. The Labute approximate surface area is 242 Å². The largest absolute Gasteiger partial charge is 0.378 e. The molecule has 2 N–H and O–H groups in total. The predicted octanol–water partition coefficient (Wildman–Crippen LogP) is 4.34. The van der Waals surface area contributed by atoms with Gasteiger partial charge in [-0.3, -0.25) is 0 Å². The molecule has 218 valence electrons. The minimum Gasteiger partial charge on any atom is -0.378 e. The Bertz CT molecular complexity index is 1330. The summed E-state index contributed by atoms with van der Waals surface area (Å²) in [5, 5.41) is 6.81. The molecular formula is C31H41N7O3. The number of pyridine rings is 1. The van der Waals surface area contributed by atoms with Crippen molar-refractivity contribution >= 4 is 29.0 Å². The topological polar surface area (TPSA) is 96.9 Å². The number of nitrogens with one attached hydrogen (secondary N) is 2. The first kappa shape index (κ1) is 27.8. The van der Waals surface area contributed by atoms with Crippen molar-refractivity contribution in [2.24, 2.45) is 0 Å². The van der Waals surface area contributed by atoms with Gasteiger partial charge in [0.2, 0.25) is 5.95 Å². The molecule has 2 saturated heterocycles. The van der Waals surface area contributed by atoms with Crippen molar-refractivity contribution in [2.75, 3.05) is 74.3 Å². The number of ether oxygens (including phenoxy) is 3. The summed E-state index contributed by atoms with van der Waals surface area (Å²) in [5.74, 6) is 2.24. The maximum Gasteiger partial charge on any atom is 0.229 e. The lowest BCUT2D eigenvalue weighted by Crippen LogP contribution is -2.37. The smallest absolute Gasteiger partial charge is 0.229 e. The molecular weight excluding hydrogens is 518 g/mol. The molecule has 3 aliphatic heterocycles. The molecule has 6 rings (SSSR count). The Balaban J connectivity index is 1.28. The molecule has 1 aromatic carbocycles. The van der Waals surface area contributed by atoms with Crippen LogP contribution in [0.2, 0.25) is 0 Å². The SMILES string of the molecule is CC(C)(C)OCC1(C)CN(c2cccc(C3CNCCO3)n2)c2nc(Nc3ccc(N4CCOCC4)cc3)ncc21. The Kier molecular flexibility index (Phi) is 7.82. The molecule has 2 unspecified atom stereocenters. The van der Waals surface area contributed by atoms with E-state index in [-0.39, 0.29) is 17.1 Å². The predicted molar refractivity (Wildman–Crippen MR) is 161 cm³/mol. The van der Waals surface area contributed by atoms with E-state index in [0.29, 0.717) is 25.7 Å². The molecule has 0 radical (unpaired) electrons. The lowest BCUT2D eigenvalue weighted by Gasteiger charge is -2.30. The van der Waals surface area contributed by atoms with Crippen molar-refractivity contribution in [3.05, 3.63) is 59.9 Å². The highest BCUT2D eigenvalue weighted by Gasteiger charge is 2.43. The van der Waals surface area contributed by atoms with Crippen LogP contribution in [0, 0.1) is 0 Å². The van der Waals surface area contributed by atoms with E-state index in [1.54, 1.807) is 0 Å². The van der Waals surface area contributed by atoms with Crippen LogP contribution < -0.4 is 20.4 Å². The lowest BCUT2D eigenvalue weighted by molar-refractivity contribution is -0.0252. The fourth-order valence-corrected chi connectivity index (χ4v) is 5.49. The van der Waals surface area contributed by atoms with Crippen molar-refractivity contribution in [2.45, 2.75) is 44.8 Å². The first-order chi connectivity index (χ1) is 19.8. The average Bonchev–Trinajstić information content (AvgIpc) is 3.29. The van der Waals surface area contributed by atoms with Crippen LogP contribution in [0.4, 0.5) is 29.0 Å². The highest BCUT2D eigenvalue weighted by Crippen LogP contribution is 2.44. The number of nitrogens with zero attached hydrogens (tertiary/aromatic N) is 5. The maximum atomic E-state index is 6.30. The molecule has 2 atom stereocenters. The fraction of sp³-hybridized carbons (Fsp3) is 0.516. The molecule has 41 heavy (non-hydrogen) atoms. The van der Waals surface area contributed by atoms with Crippen LogP contribution in [0.3, 0.4) is 0 Å². The third-order valence-corrected chi connectivity index (χ3v) is 7.80. The lowest BCUT2D eigenvalue weighted by atomic mass is 9.87. The first-order valence-corrected chi connectivity index (χ1v) is 14.6. The molecule has 10 nitrogen and oxygen atoms in total. The number of morpholine rings is 2. The molecule has 3 aliphatic rings. The molecule has 3 aromatic rings. The minimum atomic E-state index is -0.304. The molecule has 0 aliphatic carbocycles. The Hall–Kier alpha value is -3.31. The number of fused-ring (bicyclic) bond motifs is 1. The third kappa shape index (κ3) is 6.30. The summed E-state index contributed by atoms with van der Waals surface area (Å²) in [6.45, 7) is 15.4. The summed E-state index contributed by atoms with van der Waals surface area (Å²) >= 11 is 0. The highest BCUT2D eigenvalue weighted by atomic mass is 16.5. The third-order valence-electron chi connectivity index (χ3n) is 7.80. The van der Waals surface area contributed by atoms with Crippen molar-refractivity contribution in [3.8, 4) is 0 Å². The number of hydrogen-bond acceptors (Lipinski definition) is 10. The highest BCUT2D eigenvalue weighted by molar-refractivity contribution is 5.69. The van der Waals surface area contributed by atoms with Crippen LogP contribution in [0.15, 0.2) is 48.7 Å². The van der Waals surface area contributed by atoms with Crippen molar-refractivity contribution in [3.63, 3.8) is 0 Å². The van der Waals surface area contributed by atoms with Gasteiger partial charge in [0.25, 0.3) is 0 Å². The van der Waals surface area contributed by atoms with Crippen LogP contribution in [0.5, 0.6) is 0 Å². The van der Waals surface area contributed by atoms with E-state index in [4.69, 9.17) is 29.2 Å². The van der Waals surface area contributed by atoms with Gasteiger partial charge in [0, 0.05) is 61.3 Å². The van der Waals surface area contributed by atoms with Crippen LogP contribution in [0.1, 0.15) is 45.1 Å². The maximum absolute atomic E-state index is 6.30. The zero-order chi connectivity index (χ0) is 28.5. The molecule has 0 spiro atoms. The normalized spacial score (nSPS) is 23.0. The van der Waals surface area contributed by atoms with E-state index in [2.05, 4.69) is 72.4 Å². The molecule has 2 aromatic heterocycles. The second kappa shape index (κ2) is 11.5. The molecule has 0 amide bonds. The second-order valence-electron chi connectivity index (χ2n) is 12.2. The van der Waals surface area contributed by atoms with Crippen molar-refractivity contribution < 1.29 is 14.2 Å². The number of benzene rings is 1. The van der Waals surface area contributed by atoms with Gasteiger partial charge in [0.05, 0.1) is 37.7 Å². The average molecular weight is 560 g/mol. The van der Waals surface area contributed by atoms with Crippen LogP contribution in [-0.2, 0) is 19.6 Å². The zero-order valence-electron chi connectivity index (χ0n) is 24.5. The Morgan fingerprint density at radius 2 is 1.88 bits per heavy atom. The van der Waals surface area contributed by atoms with Crippen LogP contribution >= 0.6 is 0 Å². The standard InChI is InChI=1S/C31H41N7O3/c1-30(2,3)41-21-31(4)20-38(27-7-5-6-25(35-27)26-19-32-12-15-40-26)28-24(31)18-33-29(36-28)34-22-8-10-23(11-9-22)37-13-16-39-17-14-37/h5-11,18,26,32H,12-17,19-21H2,1-4H3,(H,33,34,36). The molecule has 2 fully saturated rings. The number of rotatable bonds is 7. The van der Waals surface area contributed by atoms with Gasteiger partial charge in [0.15, 0.2) is 0 Å². The minimum absolute atomic E-state index is 0.0653. The monoisotopic (exact) mass is 559 g/mol.